The lowest BCUT2D eigenvalue weighted by molar-refractivity contribution is -0.118. The van der Waals surface area contributed by atoms with Crippen molar-refractivity contribution in [3.05, 3.63) is 42.0 Å². The molecule has 1 saturated heterocycles. The molecule has 1 unspecified atom stereocenters. The summed E-state index contributed by atoms with van der Waals surface area (Å²) in [5.41, 5.74) is 7.48. The summed E-state index contributed by atoms with van der Waals surface area (Å²) < 4.78 is 0. The fraction of sp³-hybridized carbons (Fsp3) is 0.333. The Kier molecular flexibility index (Phi) is 3.22. The molecule has 0 saturated carbocycles. The van der Waals surface area contributed by atoms with E-state index in [2.05, 4.69) is 24.3 Å². The Bertz CT molecular complexity index is 802. The second-order valence-electron chi connectivity index (χ2n) is 6.29. The lowest BCUT2D eigenvalue weighted by Crippen LogP contribution is -2.38. The number of benzene rings is 2. The lowest BCUT2D eigenvalue weighted by Gasteiger charge is -2.31. The molecule has 4 rings (SSSR count). The first-order chi connectivity index (χ1) is 11.1. The third kappa shape index (κ3) is 2.23. The molecule has 0 spiro atoms. The molecule has 1 atom stereocenters. The molecule has 0 aliphatic carbocycles. The van der Waals surface area contributed by atoms with Crippen LogP contribution < -0.4 is 10.6 Å². The number of carbonyl (C=O) groups is 2. The number of fused-ring (bicyclic) bond motifs is 5. The van der Waals surface area contributed by atoms with Gasteiger partial charge in [0, 0.05) is 25.2 Å². The highest BCUT2D eigenvalue weighted by molar-refractivity contribution is 6.01. The first kappa shape index (κ1) is 14.1. The van der Waals surface area contributed by atoms with Crippen LogP contribution in [0.5, 0.6) is 0 Å². The van der Waals surface area contributed by atoms with E-state index in [-0.39, 0.29) is 24.4 Å². The number of hydrogen-bond acceptors (Lipinski definition) is 2. The summed E-state index contributed by atoms with van der Waals surface area (Å²) in [6, 6.07) is 12.6. The third-order valence-electron chi connectivity index (χ3n) is 4.90. The molecule has 0 radical (unpaired) electrons. The lowest BCUT2D eigenvalue weighted by atomic mass is 9.92. The van der Waals surface area contributed by atoms with Crippen molar-refractivity contribution in [2.24, 2.45) is 5.73 Å². The van der Waals surface area contributed by atoms with Crippen molar-refractivity contribution in [1.82, 2.24) is 4.90 Å². The molecule has 118 valence electrons. The SMILES string of the molecule is NC(=O)CCN1CC2CCc3c(ccc4ccccc34)N2C1=O. The van der Waals surface area contributed by atoms with Crippen molar-refractivity contribution in [3.63, 3.8) is 0 Å². The fourth-order valence-corrected chi connectivity index (χ4v) is 3.80. The van der Waals surface area contributed by atoms with Crippen LogP contribution in [0.3, 0.4) is 0 Å². The molecule has 2 aliphatic heterocycles. The number of anilines is 1. The minimum absolute atomic E-state index is 0.00696. The Hall–Kier alpha value is -2.56. The Labute approximate surface area is 134 Å². The maximum Gasteiger partial charge on any atom is 0.324 e. The van der Waals surface area contributed by atoms with Gasteiger partial charge in [-0.25, -0.2) is 4.79 Å². The van der Waals surface area contributed by atoms with Crippen molar-refractivity contribution in [3.8, 4) is 0 Å². The van der Waals surface area contributed by atoms with E-state index in [0.29, 0.717) is 13.1 Å². The van der Waals surface area contributed by atoms with Crippen molar-refractivity contribution in [2.75, 3.05) is 18.0 Å². The van der Waals surface area contributed by atoms with Crippen LogP contribution in [0, 0.1) is 0 Å². The first-order valence-electron chi connectivity index (χ1n) is 8.02. The average molecular weight is 309 g/mol. The summed E-state index contributed by atoms with van der Waals surface area (Å²) in [7, 11) is 0. The van der Waals surface area contributed by atoms with Gasteiger partial charge < -0.3 is 10.6 Å². The maximum atomic E-state index is 12.8. The normalized spacial score (nSPS) is 19.8. The summed E-state index contributed by atoms with van der Waals surface area (Å²) in [5, 5.41) is 2.44. The highest BCUT2D eigenvalue weighted by Crippen LogP contribution is 2.39. The van der Waals surface area contributed by atoms with Crippen molar-refractivity contribution in [2.45, 2.75) is 25.3 Å². The maximum absolute atomic E-state index is 12.8. The van der Waals surface area contributed by atoms with E-state index in [1.807, 2.05) is 17.0 Å². The minimum Gasteiger partial charge on any atom is -0.370 e. The monoisotopic (exact) mass is 309 g/mol. The predicted octanol–water partition coefficient (Wildman–Crippen LogP) is 2.27. The van der Waals surface area contributed by atoms with Gasteiger partial charge in [0.25, 0.3) is 0 Å². The Morgan fingerprint density at radius 1 is 1.22 bits per heavy atom. The molecule has 23 heavy (non-hydrogen) atoms. The van der Waals surface area contributed by atoms with E-state index in [4.69, 9.17) is 5.73 Å². The Morgan fingerprint density at radius 2 is 2.04 bits per heavy atom. The number of urea groups is 1. The summed E-state index contributed by atoms with van der Waals surface area (Å²) in [6.07, 6.45) is 2.16. The summed E-state index contributed by atoms with van der Waals surface area (Å²) in [5.74, 6) is -0.367. The molecular weight excluding hydrogens is 290 g/mol. The number of aryl methyl sites for hydroxylation is 1. The van der Waals surface area contributed by atoms with E-state index < -0.39 is 0 Å². The molecule has 2 aromatic rings. The van der Waals surface area contributed by atoms with Gasteiger partial charge in [-0.1, -0.05) is 30.3 Å². The van der Waals surface area contributed by atoms with Gasteiger partial charge in [-0.15, -0.1) is 0 Å². The largest absolute Gasteiger partial charge is 0.370 e. The van der Waals surface area contributed by atoms with E-state index in [9.17, 15) is 9.59 Å². The quantitative estimate of drug-likeness (QED) is 0.945. The summed E-state index contributed by atoms with van der Waals surface area (Å²) in [4.78, 5) is 27.4. The van der Waals surface area contributed by atoms with Crippen LogP contribution >= 0.6 is 0 Å². The second-order valence-corrected chi connectivity index (χ2v) is 6.29. The fourth-order valence-electron chi connectivity index (χ4n) is 3.80. The van der Waals surface area contributed by atoms with Gasteiger partial charge in [0.1, 0.15) is 0 Å². The number of primary amides is 1. The number of nitrogens with two attached hydrogens (primary N) is 1. The van der Waals surface area contributed by atoms with Gasteiger partial charge in [0.05, 0.1) is 6.04 Å². The molecule has 2 N–H and O–H groups in total. The molecular formula is C18H19N3O2. The molecule has 2 aliphatic rings. The highest BCUT2D eigenvalue weighted by atomic mass is 16.2. The van der Waals surface area contributed by atoms with Crippen molar-refractivity contribution >= 4 is 28.4 Å². The van der Waals surface area contributed by atoms with E-state index >= 15 is 0 Å². The van der Waals surface area contributed by atoms with Gasteiger partial charge in [-0.05, 0) is 35.2 Å². The minimum atomic E-state index is -0.367. The summed E-state index contributed by atoms with van der Waals surface area (Å²) in [6.45, 7) is 1.09. The van der Waals surface area contributed by atoms with Gasteiger partial charge in [0.2, 0.25) is 5.91 Å². The van der Waals surface area contributed by atoms with Gasteiger partial charge in [0.15, 0.2) is 0 Å². The molecule has 2 heterocycles. The van der Waals surface area contributed by atoms with Gasteiger partial charge in [-0.3, -0.25) is 9.69 Å². The van der Waals surface area contributed by atoms with Crippen LogP contribution in [0.2, 0.25) is 0 Å². The van der Waals surface area contributed by atoms with Crippen LogP contribution in [0.15, 0.2) is 36.4 Å². The van der Waals surface area contributed by atoms with Crippen molar-refractivity contribution < 1.29 is 9.59 Å². The standard InChI is InChI=1S/C18H19N3O2/c19-17(22)9-10-20-11-13-6-7-15-14-4-2-1-3-12(14)5-8-16(15)21(13)18(20)23/h1-5,8,13H,6-7,9-11H2,(H2,19,22). The van der Waals surface area contributed by atoms with Crippen LogP contribution in [-0.4, -0.2) is 36.0 Å². The smallest absolute Gasteiger partial charge is 0.324 e. The highest BCUT2D eigenvalue weighted by Gasteiger charge is 2.41. The van der Waals surface area contributed by atoms with E-state index in [0.717, 1.165) is 18.5 Å². The first-order valence-corrected chi connectivity index (χ1v) is 8.02. The number of hydrogen-bond donors (Lipinski definition) is 1. The zero-order valence-electron chi connectivity index (χ0n) is 12.9. The molecule has 1 fully saturated rings. The average Bonchev–Trinajstić information content (AvgIpc) is 2.89. The zero-order chi connectivity index (χ0) is 16.0. The predicted molar refractivity (Wildman–Crippen MR) is 89.3 cm³/mol. The van der Waals surface area contributed by atoms with Crippen molar-refractivity contribution in [1.29, 1.82) is 0 Å². The molecule has 5 heteroatoms. The van der Waals surface area contributed by atoms with Gasteiger partial charge in [-0.2, -0.15) is 0 Å². The molecule has 3 amide bonds. The topological polar surface area (TPSA) is 66.6 Å². The Balaban J connectivity index is 1.70. The second kappa shape index (κ2) is 5.26. The van der Waals surface area contributed by atoms with E-state index in [1.165, 1.54) is 16.3 Å². The Morgan fingerprint density at radius 3 is 2.87 bits per heavy atom. The number of rotatable bonds is 3. The zero-order valence-corrected chi connectivity index (χ0v) is 12.9. The summed E-state index contributed by atoms with van der Waals surface area (Å²) >= 11 is 0. The number of nitrogens with zero attached hydrogens (tertiary/aromatic N) is 2. The third-order valence-corrected chi connectivity index (χ3v) is 4.90. The van der Waals surface area contributed by atoms with Crippen LogP contribution in [-0.2, 0) is 11.2 Å². The van der Waals surface area contributed by atoms with Crippen LogP contribution in [0.25, 0.3) is 10.8 Å². The van der Waals surface area contributed by atoms with Crippen LogP contribution in [0.1, 0.15) is 18.4 Å². The number of carbonyl (C=O) groups excluding carboxylic acids is 2. The molecule has 5 nitrogen and oxygen atoms in total. The molecule has 2 aromatic carbocycles. The van der Waals surface area contributed by atoms with Gasteiger partial charge >= 0.3 is 6.03 Å². The molecule has 0 aromatic heterocycles. The van der Waals surface area contributed by atoms with E-state index in [1.54, 1.807) is 4.90 Å². The number of amides is 3. The van der Waals surface area contributed by atoms with Crippen LogP contribution in [0.4, 0.5) is 10.5 Å². The molecule has 0 bridgehead atoms.